The predicted molar refractivity (Wildman–Crippen MR) is 85.7 cm³/mol. The van der Waals surface area contributed by atoms with Crippen molar-refractivity contribution in [2.24, 2.45) is 0 Å². The summed E-state index contributed by atoms with van der Waals surface area (Å²) in [7, 11) is 1.59. The third-order valence-electron chi connectivity index (χ3n) is 3.36. The second-order valence-electron chi connectivity index (χ2n) is 4.79. The van der Waals surface area contributed by atoms with Gasteiger partial charge in [0, 0.05) is 11.8 Å². The van der Waals surface area contributed by atoms with Gasteiger partial charge in [0.05, 0.1) is 19.8 Å². The second-order valence-corrected chi connectivity index (χ2v) is 4.79. The first-order chi connectivity index (χ1) is 9.74. The molecule has 2 rings (SSSR count). The third kappa shape index (κ3) is 4.79. The molecule has 1 aliphatic rings. The fourth-order valence-electron chi connectivity index (χ4n) is 2.33. The summed E-state index contributed by atoms with van der Waals surface area (Å²) < 4.78 is 10.7. The molecule has 1 saturated heterocycles. The molecule has 118 valence electrons. The number of carbonyl (C=O) groups excluding carboxylic acids is 1. The van der Waals surface area contributed by atoms with Crippen LogP contribution in [-0.4, -0.2) is 32.2 Å². The van der Waals surface area contributed by atoms with Crippen molar-refractivity contribution in [1.29, 1.82) is 0 Å². The Kier molecular flexibility index (Phi) is 7.32. The van der Waals surface area contributed by atoms with E-state index in [2.05, 4.69) is 10.6 Å². The summed E-state index contributed by atoms with van der Waals surface area (Å²) in [5, 5.41) is 6.15. The molecule has 1 heterocycles. The van der Waals surface area contributed by atoms with Gasteiger partial charge in [-0.05, 0) is 38.4 Å². The van der Waals surface area contributed by atoms with Gasteiger partial charge in [0.25, 0.3) is 0 Å². The smallest absolute Gasteiger partial charge is 0.241 e. The minimum atomic E-state index is -0.0960. The highest BCUT2D eigenvalue weighted by atomic mass is 35.5. The van der Waals surface area contributed by atoms with Crippen LogP contribution in [0.4, 0.5) is 5.69 Å². The third-order valence-corrected chi connectivity index (χ3v) is 3.36. The lowest BCUT2D eigenvalue weighted by Gasteiger charge is -2.22. The Bertz CT molecular complexity index is 462. The van der Waals surface area contributed by atoms with Gasteiger partial charge in [0.1, 0.15) is 0 Å². The number of piperidine rings is 1. The molecule has 1 aromatic rings. The molecule has 21 heavy (non-hydrogen) atoms. The van der Waals surface area contributed by atoms with Crippen molar-refractivity contribution in [3.05, 3.63) is 18.2 Å². The second kappa shape index (κ2) is 8.74. The van der Waals surface area contributed by atoms with Crippen molar-refractivity contribution in [3.63, 3.8) is 0 Å². The molecule has 1 fully saturated rings. The fraction of sp³-hybridized carbons (Fsp3) is 0.533. The van der Waals surface area contributed by atoms with Crippen LogP contribution in [0.5, 0.6) is 11.5 Å². The Morgan fingerprint density at radius 2 is 2.19 bits per heavy atom. The molecule has 6 heteroatoms. The van der Waals surface area contributed by atoms with Crippen LogP contribution in [0.15, 0.2) is 18.2 Å². The van der Waals surface area contributed by atoms with Crippen LogP contribution in [0, 0.1) is 0 Å². The molecule has 0 spiro atoms. The Balaban J connectivity index is 0.00000220. The van der Waals surface area contributed by atoms with E-state index < -0.39 is 0 Å². The van der Waals surface area contributed by atoms with E-state index in [0.717, 1.165) is 31.5 Å². The van der Waals surface area contributed by atoms with Gasteiger partial charge in [0.15, 0.2) is 11.5 Å². The zero-order chi connectivity index (χ0) is 14.4. The Morgan fingerprint density at radius 1 is 1.38 bits per heavy atom. The molecule has 0 unspecified atom stereocenters. The highest BCUT2D eigenvalue weighted by Gasteiger charge is 2.20. The van der Waals surface area contributed by atoms with Crippen LogP contribution >= 0.6 is 12.4 Å². The van der Waals surface area contributed by atoms with Crippen molar-refractivity contribution >= 4 is 24.0 Å². The highest BCUT2D eigenvalue weighted by molar-refractivity contribution is 5.95. The molecular formula is C15H23ClN2O3. The topological polar surface area (TPSA) is 59.6 Å². The summed E-state index contributed by atoms with van der Waals surface area (Å²) in [5.74, 6) is 1.32. The number of ether oxygens (including phenoxy) is 2. The number of halogens is 1. The molecule has 2 N–H and O–H groups in total. The van der Waals surface area contributed by atoms with E-state index in [-0.39, 0.29) is 24.4 Å². The number of hydrogen-bond acceptors (Lipinski definition) is 4. The summed E-state index contributed by atoms with van der Waals surface area (Å²) in [4.78, 5) is 12.1. The zero-order valence-corrected chi connectivity index (χ0v) is 13.3. The van der Waals surface area contributed by atoms with Gasteiger partial charge in [-0.1, -0.05) is 6.42 Å². The number of rotatable bonds is 5. The summed E-state index contributed by atoms with van der Waals surface area (Å²) in [6.45, 7) is 3.41. The Morgan fingerprint density at radius 3 is 2.81 bits per heavy atom. The highest BCUT2D eigenvalue weighted by Crippen LogP contribution is 2.30. The number of anilines is 1. The molecule has 0 bridgehead atoms. The van der Waals surface area contributed by atoms with E-state index in [1.54, 1.807) is 13.2 Å². The minimum Gasteiger partial charge on any atom is -0.493 e. The molecule has 1 aromatic carbocycles. The lowest BCUT2D eigenvalue weighted by atomic mass is 10.0. The Labute approximate surface area is 131 Å². The van der Waals surface area contributed by atoms with Crippen molar-refractivity contribution in [3.8, 4) is 11.5 Å². The van der Waals surface area contributed by atoms with E-state index in [1.165, 1.54) is 0 Å². The van der Waals surface area contributed by atoms with Crippen molar-refractivity contribution in [2.45, 2.75) is 32.2 Å². The molecule has 0 aromatic heterocycles. The quantitative estimate of drug-likeness (QED) is 0.877. The largest absolute Gasteiger partial charge is 0.493 e. The van der Waals surface area contributed by atoms with Crippen LogP contribution in [0.25, 0.3) is 0 Å². The average Bonchev–Trinajstić information content (AvgIpc) is 2.50. The van der Waals surface area contributed by atoms with Gasteiger partial charge < -0.3 is 20.1 Å². The van der Waals surface area contributed by atoms with E-state index in [4.69, 9.17) is 9.47 Å². The number of amides is 1. The van der Waals surface area contributed by atoms with Gasteiger partial charge in [-0.2, -0.15) is 0 Å². The predicted octanol–water partition coefficient (Wildman–Crippen LogP) is 2.60. The van der Waals surface area contributed by atoms with Gasteiger partial charge in [0.2, 0.25) is 5.91 Å². The molecular weight excluding hydrogens is 292 g/mol. The molecule has 1 aliphatic heterocycles. The number of hydrogen-bond donors (Lipinski definition) is 2. The van der Waals surface area contributed by atoms with Crippen LogP contribution in [0.2, 0.25) is 0 Å². The van der Waals surface area contributed by atoms with Gasteiger partial charge >= 0.3 is 0 Å². The van der Waals surface area contributed by atoms with Crippen molar-refractivity contribution in [2.75, 3.05) is 25.6 Å². The number of carbonyl (C=O) groups is 1. The SMILES string of the molecule is CCOc1ccc(NC(=O)[C@@H]2CCCCN2)cc1OC.Cl. The molecule has 0 saturated carbocycles. The molecule has 1 amide bonds. The first-order valence-corrected chi connectivity index (χ1v) is 7.09. The first-order valence-electron chi connectivity index (χ1n) is 7.09. The van der Waals surface area contributed by atoms with Crippen molar-refractivity contribution < 1.29 is 14.3 Å². The fourth-order valence-corrected chi connectivity index (χ4v) is 2.33. The van der Waals surface area contributed by atoms with Gasteiger partial charge in [-0.25, -0.2) is 0 Å². The number of nitrogens with one attached hydrogen (secondary N) is 2. The maximum Gasteiger partial charge on any atom is 0.241 e. The summed E-state index contributed by atoms with van der Waals surface area (Å²) in [6.07, 6.45) is 3.12. The van der Waals surface area contributed by atoms with Crippen molar-refractivity contribution in [1.82, 2.24) is 5.32 Å². The molecule has 0 aliphatic carbocycles. The normalized spacial score (nSPS) is 17.5. The monoisotopic (exact) mass is 314 g/mol. The minimum absolute atomic E-state index is 0. The van der Waals surface area contributed by atoms with E-state index in [1.807, 2.05) is 19.1 Å². The molecule has 0 radical (unpaired) electrons. The maximum atomic E-state index is 12.1. The zero-order valence-electron chi connectivity index (χ0n) is 12.5. The molecule has 1 atom stereocenters. The van der Waals surface area contributed by atoms with Crippen LogP contribution in [0.3, 0.4) is 0 Å². The number of benzene rings is 1. The van der Waals surface area contributed by atoms with Crippen LogP contribution < -0.4 is 20.1 Å². The lowest BCUT2D eigenvalue weighted by Crippen LogP contribution is -2.43. The van der Waals surface area contributed by atoms with E-state index >= 15 is 0 Å². The van der Waals surface area contributed by atoms with Gasteiger partial charge in [-0.3, -0.25) is 4.79 Å². The maximum absolute atomic E-state index is 12.1. The number of methoxy groups -OCH3 is 1. The average molecular weight is 315 g/mol. The summed E-state index contributed by atoms with van der Waals surface area (Å²) in [5.41, 5.74) is 0.725. The lowest BCUT2D eigenvalue weighted by molar-refractivity contribution is -0.118. The first kappa shape index (κ1) is 17.6. The van der Waals surface area contributed by atoms with E-state index in [0.29, 0.717) is 18.1 Å². The standard InChI is InChI=1S/C15H22N2O3.ClH/c1-3-20-13-8-7-11(10-14(13)19-2)17-15(18)12-6-4-5-9-16-12;/h7-8,10,12,16H,3-6,9H2,1-2H3,(H,17,18);1H/t12-;/m0./s1. The van der Waals surface area contributed by atoms with E-state index in [9.17, 15) is 4.79 Å². The van der Waals surface area contributed by atoms with Crippen LogP contribution in [-0.2, 0) is 4.79 Å². The van der Waals surface area contributed by atoms with Gasteiger partial charge in [-0.15, -0.1) is 12.4 Å². The summed E-state index contributed by atoms with van der Waals surface area (Å²) >= 11 is 0. The molecule has 5 nitrogen and oxygen atoms in total. The van der Waals surface area contributed by atoms with Crippen LogP contribution in [0.1, 0.15) is 26.2 Å². The Hall–Kier alpha value is -1.46. The summed E-state index contributed by atoms with van der Waals surface area (Å²) in [6, 6.07) is 5.33.